The average molecular weight is 394 g/mol. The van der Waals surface area contributed by atoms with E-state index in [1.807, 2.05) is 5.38 Å². The fraction of sp³-hybridized carbons (Fsp3) is 0.188. The molecule has 1 amide bonds. The zero-order valence-electron chi connectivity index (χ0n) is 12.9. The number of anilines is 1. The maximum Gasteiger partial charge on any atom is 0.273 e. The van der Waals surface area contributed by atoms with E-state index in [2.05, 4.69) is 20.9 Å². The van der Waals surface area contributed by atoms with Crippen molar-refractivity contribution in [2.75, 3.05) is 5.43 Å². The third-order valence-corrected chi connectivity index (χ3v) is 5.12. The second kappa shape index (κ2) is 6.67. The first-order valence-corrected chi connectivity index (χ1v) is 9.26. The normalized spacial score (nSPS) is 13.7. The number of carbonyl (C=O) groups excluding carboxylic acids is 1. The number of hydrogen-bond acceptors (Lipinski definition) is 5. The Labute approximate surface area is 157 Å². The second-order valence-corrected chi connectivity index (χ2v) is 7.38. The van der Waals surface area contributed by atoms with Crippen LogP contribution in [0.2, 0.25) is 10.0 Å². The highest BCUT2D eigenvalue weighted by Gasteiger charge is 2.32. The molecule has 0 radical (unpaired) electrons. The zero-order valence-corrected chi connectivity index (χ0v) is 15.2. The van der Waals surface area contributed by atoms with Crippen molar-refractivity contribution in [3.05, 3.63) is 57.3 Å². The predicted octanol–water partition coefficient (Wildman–Crippen LogP) is 4.27. The highest BCUT2D eigenvalue weighted by molar-refractivity contribution is 7.12. The predicted molar refractivity (Wildman–Crippen MR) is 98.8 cm³/mol. The Kier molecular flexibility index (Phi) is 4.37. The molecule has 0 saturated heterocycles. The van der Waals surface area contributed by atoms with Crippen LogP contribution in [-0.2, 0) is 0 Å². The van der Waals surface area contributed by atoms with Crippen LogP contribution in [0.15, 0.2) is 36.0 Å². The largest absolute Gasteiger partial charge is 0.297 e. The minimum absolute atomic E-state index is 0.268. The number of rotatable bonds is 5. The summed E-state index contributed by atoms with van der Waals surface area (Å²) in [6.45, 7) is 0. The van der Waals surface area contributed by atoms with Crippen molar-refractivity contribution in [1.29, 1.82) is 0 Å². The molecule has 9 heteroatoms. The third kappa shape index (κ3) is 3.49. The Morgan fingerprint density at radius 2 is 2.16 bits per heavy atom. The Hall–Kier alpha value is -2.09. The van der Waals surface area contributed by atoms with Crippen molar-refractivity contribution >= 4 is 46.1 Å². The van der Waals surface area contributed by atoms with Crippen molar-refractivity contribution in [3.63, 3.8) is 0 Å². The van der Waals surface area contributed by atoms with Gasteiger partial charge in [-0.25, -0.2) is 9.67 Å². The summed E-state index contributed by atoms with van der Waals surface area (Å²) in [5, 5.41) is 8.11. The molecule has 2 N–H and O–H groups in total. The van der Waals surface area contributed by atoms with Crippen molar-refractivity contribution in [1.82, 2.24) is 20.2 Å². The molecular formula is C16H13Cl2N5OS. The first-order valence-electron chi connectivity index (χ1n) is 7.62. The molecule has 128 valence electrons. The van der Waals surface area contributed by atoms with Crippen LogP contribution in [0, 0.1) is 0 Å². The van der Waals surface area contributed by atoms with Gasteiger partial charge in [-0.2, -0.15) is 5.10 Å². The number of hydrazine groups is 1. The van der Waals surface area contributed by atoms with Gasteiger partial charge in [-0.05, 0) is 31.0 Å². The molecule has 6 nitrogen and oxygen atoms in total. The molecule has 0 aliphatic heterocycles. The molecule has 3 aromatic rings. The third-order valence-electron chi connectivity index (χ3n) is 3.81. The zero-order chi connectivity index (χ0) is 17.4. The lowest BCUT2D eigenvalue weighted by Crippen LogP contribution is -2.29. The van der Waals surface area contributed by atoms with Crippen molar-refractivity contribution in [3.8, 4) is 5.13 Å². The summed E-state index contributed by atoms with van der Waals surface area (Å²) in [5.41, 5.74) is 7.41. The Morgan fingerprint density at radius 1 is 1.32 bits per heavy atom. The molecule has 1 aliphatic carbocycles. The van der Waals surface area contributed by atoms with Gasteiger partial charge in [-0.1, -0.05) is 23.2 Å². The summed E-state index contributed by atoms with van der Waals surface area (Å²) < 4.78 is 1.66. The van der Waals surface area contributed by atoms with E-state index in [0.29, 0.717) is 27.2 Å². The topological polar surface area (TPSA) is 71.8 Å². The lowest BCUT2D eigenvalue weighted by Gasteiger charge is -2.10. The summed E-state index contributed by atoms with van der Waals surface area (Å²) in [4.78, 5) is 16.9. The summed E-state index contributed by atoms with van der Waals surface area (Å²) in [5.74, 6) is 0.0665. The van der Waals surface area contributed by atoms with E-state index in [4.69, 9.17) is 23.2 Å². The molecule has 0 unspecified atom stereocenters. The first kappa shape index (κ1) is 16.4. The fourth-order valence-electron chi connectivity index (χ4n) is 2.43. The lowest BCUT2D eigenvalue weighted by molar-refractivity contribution is 0.0961. The van der Waals surface area contributed by atoms with Gasteiger partial charge >= 0.3 is 0 Å². The van der Waals surface area contributed by atoms with Crippen LogP contribution < -0.4 is 10.9 Å². The maximum atomic E-state index is 12.6. The number of amides is 1. The molecular weight excluding hydrogens is 381 g/mol. The van der Waals surface area contributed by atoms with E-state index in [-0.39, 0.29) is 5.91 Å². The Balaban J connectivity index is 1.55. The summed E-state index contributed by atoms with van der Waals surface area (Å²) in [7, 11) is 0. The highest BCUT2D eigenvalue weighted by atomic mass is 35.5. The SMILES string of the molecule is O=C(NNc1ccc(Cl)cc1Cl)c1cn(-c2nccs2)nc1C1CC1. The number of thiazole rings is 1. The molecule has 2 heterocycles. The van der Waals surface area contributed by atoms with E-state index in [9.17, 15) is 4.79 Å². The maximum absolute atomic E-state index is 12.6. The monoisotopic (exact) mass is 393 g/mol. The highest BCUT2D eigenvalue weighted by Crippen LogP contribution is 2.41. The quantitative estimate of drug-likeness (QED) is 0.634. The molecule has 25 heavy (non-hydrogen) atoms. The average Bonchev–Trinajstić information content (AvgIpc) is 3.11. The number of benzene rings is 1. The molecule has 0 bridgehead atoms. The molecule has 1 fully saturated rings. The number of aromatic nitrogens is 3. The minimum atomic E-state index is -0.268. The van der Waals surface area contributed by atoms with Gasteiger partial charge in [0.1, 0.15) is 0 Å². The van der Waals surface area contributed by atoms with Gasteiger partial charge in [0.05, 0.1) is 22.0 Å². The van der Waals surface area contributed by atoms with Crippen LogP contribution in [0.5, 0.6) is 0 Å². The minimum Gasteiger partial charge on any atom is -0.297 e. The van der Waals surface area contributed by atoms with E-state index in [0.717, 1.165) is 23.7 Å². The molecule has 4 rings (SSSR count). The number of nitrogens with one attached hydrogen (secondary N) is 2. The van der Waals surface area contributed by atoms with Crippen LogP contribution in [0.25, 0.3) is 5.13 Å². The molecule has 1 aliphatic rings. The smallest absolute Gasteiger partial charge is 0.273 e. The van der Waals surface area contributed by atoms with Crippen molar-refractivity contribution < 1.29 is 4.79 Å². The Morgan fingerprint density at radius 3 is 2.84 bits per heavy atom. The summed E-state index contributed by atoms with van der Waals surface area (Å²) >= 11 is 13.4. The Bertz CT molecular complexity index is 921. The fourth-order valence-corrected chi connectivity index (χ4v) is 3.45. The van der Waals surface area contributed by atoms with Gasteiger partial charge in [0.25, 0.3) is 5.91 Å². The van der Waals surface area contributed by atoms with Gasteiger partial charge in [-0.15, -0.1) is 11.3 Å². The van der Waals surface area contributed by atoms with Crippen molar-refractivity contribution in [2.45, 2.75) is 18.8 Å². The lowest BCUT2D eigenvalue weighted by atomic mass is 10.2. The molecule has 1 saturated carbocycles. The van der Waals surface area contributed by atoms with Crippen LogP contribution >= 0.6 is 34.5 Å². The molecule has 0 atom stereocenters. The molecule has 2 aromatic heterocycles. The van der Waals surface area contributed by atoms with E-state index < -0.39 is 0 Å². The van der Waals surface area contributed by atoms with E-state index in [1.165, 1.54) is 11.3 Å². The summed E-state index contributed by atoms with van der Waals surface area (Å²) in [6.07, 6.45) is 5.52. The standard InChI is InChI=1S/C16H13Cl2N5OS/c17-10-3-4-13(12(18)7-10)20-21-15(24)11-8-23(16-19-5-6-25-16)22-14(11)9-1-2-9/h3-9,20H,1-2H2,(H,21,24). The van der Waals surface area contributed by atoms with E-state index >= 15 is 0 Å². The van der Waals surface area contributed by atoms with Crippen molar-refractivity contribution in [2.24, 2.45) is 0 Å². The first-order chi connectivity index (χ1) is 12.1. The van der Waals surface area contributed by atoms with Gasteiger partial charge in [0, 0.05) is 28.7 Å². The molecule has 0 spiro atoms. The summed E-state index contributed by atoms with van der Waals surface area (Å²) in [6, 6.07) is 5.00. The van der Waals surface area contributed by atoms with Gasteiger partial charge < -0.3 is 0 Å². The van der Waals surface area contributed by atoms with Crippen LogP contribution in [0.1, 0.15) is 34.8 Å². The number of nitrogens with zero attached hydrogens (tertiary/aromatic N) is 3. The van der Waals surface area contributed by atoms with Crippen LogP contribution in [-0.4, -0.2) is 20.7 Å². The number of hydrogen-bond donors (Lipinski definition) is 2. The van der Waals surface area contributed by atoms with Gasteiger partial charge in [-0.3, -0.25) is 15.6 Å². The molecule has 1 aromatic carbocycles. The number of halogens is 2. The van der Waals surface area contributed by atoms with Gasteiger partial charge in [0.15, 0.2) is 0 Å². The van der Waals surface area contributed by atoms with Crippen LogP contribution in [0.3, 0.4) is 0 Å². The second-order valence-electron chi connectivity index (χ2n) is 5.66. The van der Waals surface area contributed by atoms with E-state index in [1.54, 1.807) is 35.3 Å². The van der Waals surface area contributed by atoms with Gasteiger partial charge in [0.2, 0.25) is 5.13 Å². The van der Waals surface area contributed by atoms with Crippen LogP contribution in [0.4, 0.5) is 5.69 Å². The number of carbonyl (C=O) groups is 1.